The van der Waals surface area contributed by atoms with E-state index in [-0.39, 0.29) is 13.2 Å². The zero-order chi connectivity index (χ0) is 18.4. The van der Waals surface area contributed by atoms with Crippen LogP contribution < -0.4 is 0 Å². The van der Waals surface area contributed by atoms with Gasteiger partial charge in [-0.05, 0) is 12.8 Å². The van der Waals surface area contributed by atoms with Crippen molar-refractivity contribution >= 4 is 22.1 Å². The Labute approximate surface area is 144 Å². The van der Waals surface area contributed by atoms with Crippen molar-refractivity contribution in [3.05, 3.63) is 0 Å². The Morgan fingerprint density at radius 3 is 1.83 bits per heavy atom. The molecule has 0 heterocycles. The van der Waals surface area contributed by atoms with Crippen LogP contribution in [0.1, 0.15) is 71.6 Å². The molecule has 24 heavy (non-hydrogen) atoms. The molecule has 1 N–H and O–H groups in total. The Hall–Kier alpha value is -1.15. The normalized spacial score (nSPS) is 12.6. The fraction of sp³-hybridized carbons (Fsp3) is 0.875. The minimum absolute atomic E-state index is 0.0664. The number of unbranched alkanes of at least 4 members (excludes halogenated alkanes) is 6. The summed E-state index contributed by atoms with van der Waals surface area (Å²) in [5, 5.41) is -1.92. The summed E-state index contributed by atoms with van der Waals surface area (Å²) >= 11 is 0. The van der Waals surface area contributed by atoms with Crippen molar-refractivity contribution in [3.8, 4) is 0 Å². The highest BCUT2D eigenvalue weighted by Gasteiger charge is 2.35. The second-order valence-corrected chi connectivity index (χ2v) is 7.32. The first-order valence-electron chi connectivity index (χ1n) is 8.61. The molecule has 142 valence electrons. The van der Waals surface area contributed by atoms with E-state index in [4.69, 9.17) is 14.0 Å². The fourth-order valence-corrected chi connectivity index (χ4v) is 2.69. The summed E-state index contributed by atoms with van der Waals surface area (Å²) in [7, 11) is -4.72. The Morgan fingerprint density at radius 1 is 0.875 bits per heavy atom. The maximum absolute atomic E-state index is 11.8. The van der Waals surface area contributed by atoms with E-state index in [9.17, 15) is 18.0 Å². The third kappa shape index (κ3) is 11.4. The van der Waals surface area contributed by atoms with Crippen molar-refractivity contribution < 1.29 is 32.0 Å². The van der Waals surface area contributed by atoms with E-state index in [2.05, 4.69) is 6.92 Å². The van der Waals surface area contributed by atoms with E-state index < -0.39 is 33.7 Å². The van der Waals surface area contributed by atoms with Gasteiger partial charge in [0.2, 0.25) is 0 Å². The number of rotatable bonds is 14. The van der Waals surface area contributed by atoms with Crippen LogP contribution in [-0.4, -0.2) is 43.4 Å². The number of hydrogen-bond acceptors (Lipinski definition) is 6. The van der Waals surface area contributed by atoms with Gasteiger partial charge in [0.1, 0.15) is 0 Å². The van der Waals surface area contributed by atoms with Crippen LogP contribution in [0.25, 0.3) is 0 Å². The number of ether oxygens (including phenoxy) is 2. The summed E-state index contributed by atoms with van der Waals surface area (Å²) in [6.07, 6.45) is 6.40. The van der Waals surface area contributed by atoms with E-state index in [0.29, 0.717) is 12.8 Å². The monoisotopic (exact) mass is 366 g/mol. The lowest BCUT2D eigenvalue weighted by atomic mass is 10.2. The highest BCUT2D eigenvalue weighted by Crippen LogP contribution is 2.10. The first-order chi connectivity index (χ1) is 11.3. The molecule has 0 saturated carbocycles. The summed E-state index contributed by atoms with van der Waals surface area (Å²) in [6, 6.07) is 0. The predicted molar refractivity (Wildman–Crippen MR) is 90.2 cm³/mol. The Morgan fingerprint density at radius 2 is 1.38 bits per heavy atom. The van der Waals surface area contributed by atoms with Gasteiger partial charge in [-0.2, -0.15) is 8.42 Å². The Balaban J connectivity index is 4.31. The van der Waals surface area contributed by atoms with E-state index in [1.807, 2.05) is 6.92 Å². The van der Waals surface area contributed by atoms with Crippen molar-refractivity contribution in [2.75, 3.05) is 13.2 Å². The van der Waals surface area contributed by atoms with Gasteiger partial charge < -0.3 is 9.47 Å². The summed E-state index contributed by atoms with van der Waals surface area (Å²) in [5.74, 6) is -1.95. The molecule has 0 spiro atoms. The Kier molecular flexibility index (Phi) is 12.5. The maximum Gasteiger partial charge on any atom is 0.327 e. The van der Waals surface area contributed by atoms with Crippen molar-refractivity contribution in [1.29, 1.82) is 0 Å². The van der Waals surface area contributed by atoms with Crippen LogP contribution in [0.4, 0.5) is 0 Å². The topological polar surface area (TPSA) is 107 Å². The van der Waals surface area contributed by atoms with Gasteiger partial charge in [0.25, 0.3) is 10.1 Å². The highest BCUT2D eigenvalue weighted by molar-refractivity contribution is 7.87. The van der Waals surface area contributed by atoms with Gasteiger partial charge in [-0.15, -0.1) is 0 Å². The van der Waals surface area contributed by atoms with Gasteiger partial charge in [0.15, 0.2) is 5.25 Å². The minimum Gasteiger partial charge on any atom is -0.466 e. The van der Waals surface area contributed by atoms with Gasteiger partial charge in [-0.1, -0.05) is 52.4 Å². The van der Waals surface area contributed by atoms with Gasteiger partial charge >= 0.3 is 11.9 Å². The molecule has 0 aromatic rings. The van der Waals surface area contributed by atoms with E-state index in [1.54, 1.807) is 0 Å². The molecule has 0 amide bonds. The van der Waals surface area contributed by atoms with Crippen LogP contribution in [0.2, 0.25) is 0 Å². The van der Waals surface area contributed by atoms with E-state index >= 15 is 0 Å². The first-order valence-corrected chi connectivity index (χ1v) is 10.1. The molecule has 8 heteroatoms. The lowest BCUT2D eigenvalue weighted by Crippen LogP contribution is -2.34. The van der Waals surface area contributed by atoms with Gasteiger partial charge in [0.05, 0.1) is 19.6 Å². The summed E-state index contributed by atoms with van der Waals surface area (Å²) in [4.78, 5) is 23.5. The van der Waals surface area contributed by atoms with Gasteiger partial charge in [0, 0.05) is 0 Å². The molecular weight excluding hydrogens is 336 g/mol. The minimum atomic E-state index is -4.72. The van der Waals surface area contributed by atoms with E-state index in [0.717, 1.165) is 38.5 Å². The SMILES string of the molecule is CCCCCCOC(=O)C[C@H](C(=O)OCCCCCC)S(=O)(=O)O. The predicted octanol–water partition coefficient (Wildman–Crippen LogP) is 2.88. The van der Waals surface area contributed by atoms with Crippen molar-refractivity contribution in [3.63, 3.8) is 0 Å². The zero-order valence-corrected chi connectivity index (χ0v) is 15.5. The maximum atomic E-state index is 11.8. The number of hydrogen-bond donors (Lipinski definition) is 1. The molecule has 1 atom stereocenters. The molecule has 0 unspecified atom stereocenters. The fourth-order valence-electron chi connectivity index (χ4n) is 2.03. The quantitative estimate of drug-likeness (QED) is 0.286. The first kappa shape index (κ1) is 22.9. The van der Waals surface area contributed by atoms with Gasteiger partial charge in [-0.25, -0.2) is 0 Å². The average molecular weight is 366 g/mol. The molecule has 0 fully saturated rings. The van der Waals surface area contributed by atoms with Gasteiger partial charge in [-0.3, -0.25) is 14.1 Å². The van der Waals surface area contributed by atoms with Crippen LogP contribution in [0.5, 0.6) is 0 Å². The number of carbonyl (C=O) groups is 2. The third-order valence-corrected chi connectivity index (χ3v) is 4.56. The highest BCUT2D eigenvalue weighted by atomic mass is 32.2. The molecule has 0 aliphatic rings. The summed E-state index contributed by atoms with van der Waals surface area (Å²) in [6.45, 7) is 4.32. The zero-order valence-electron chi connectivity index (χ0n) is 14.7. The van der Waals surface area contributed by atoms with Crippen LogP contribution in [0.3, 0.4) is 0 Å². The standard InChI is InChI=1S/C16H30O7S/c1-3-5-7-9-11-22-15(17)13-14(24(19,20)21)16(18)23-12-10-8-6-4-2/h14H,3-13H2,1-2H3,(H,19,20,21)/t14-/m1/s1. The number of carbonyl (C=O) groups excluding carboxylic acids is 2. The summed E-state index contributed by atoms with van der Waals surface area (Å²) in [5.41, 5.74) is 0. The lowest BCUT2D eigenvalue weighted by molar-refractivity contribution is -0.150. The largest absolute Gasteiger partial charge is 0.466 e. The smallest absolute Gasteiger partial charge is 0.327 e. The molecule has 0 aromatic carbocycles. The van der Waals surface area contributed by atoms with Crippen LogP contribution in [0, 0.1) is 0 Å². The molecule has 0 aliphatic heterocycles. The third-order valence-electron chi connectivity index (χ3n) is 3.48. The molecule has 0 aliphatic carbocycles. The molecule has 0 aromatic heterocycles. The molecule has 7 nitrogen and oxygen atoms in total. The second kappa shape index (κ2) is 13.2. The van der Waals surface area contributed by atoms with Crippen LogP contribution >= 0.6 is 0 Å². The molecule has 0 saturated heterocycles. The average Bonchev–Trinajstić information content (AvgIpc) is 2.51. The molecule has 0 bridgehead atoms. The second-order valence-electron chi connectivity index (χ2n) is 5.72. The summed E-state index contributed by atoms with van der Waals surface area (Å²) < 4.78 is 41.5. The molecule has 0 rings (SSSR count). The molecular formula is C16H30O7S. The Bertz CT molecular complexity index is 459. The van der Waals surface area contributed by atoms with Crippen molar-refractivity contribution in [1.82, 2.24) is 0 Å². The number of esters is 2. The van der Waals surface area contributed by atoms with Crippen molar-refractivity contribution in [2.45, 2.75) is 76.9 Å². The van der Waals surface area contributed by atoms with E-state index in [1.165, 1.54) is 0 Å². The molecule has 0 radical (unpaired) electrons. The lowest BCUT2D eigenvalue weighted by Gasteiger charge is -2.13. The van der Waals surface area contributed by atoms with Crippen LogP contribution in [0.15, 0.2) is 0 Å². The van der Waals surface area contributed by atoms with Crippen molar-refractivity contribution in [2.24, 2.45) is 0 Å². The van der Waals surface area contributed by atoms with Crippen LogP contribution in [-0.2, 0) is 29.2 Å².